The molecule has 1 aliphatic rings. The molecule has 12 nitrogen and oxygen atoms in total. The van der Waals surface area contributed by atoms with Gasteiger partial charge in [-0.3, -0.25) is 4.57 Å². The van der Waals surface area contributed by atoms with Crippen LogP contribution in [0.4, 0.5) is 5.95 Å². The minimum absolute atomic E-state index is 0.0489. The second kappa shape index (κ2) is 12.7. The number of fused-ring (bicyclic) bond motifs is 1. The van der Waals surface area contributed by atoms with Crippen molar-refractivity contribution in [2.45, 2.75) is 24.0 Å². The molecule has 1 fully saturated rings. The number of hydrogen-bond acceptors (Lipinski definition) is 11. The lowest BCUT2D eigenvalue weighted by molar-refractivity contribution is -0.0865. The number of imidazole rings is 1. The van der Waals surface area contributed by atoms with Gasteiger partial charge < -0.3 is 24.7 Å². The van der Waals surface area contributed by atoms with Gasteiger partial charge in [0.2, 0.25) is 5.95 Å². The van der Waals surface area contributed by atoms with Crippen molar-refractivity contribution in [3.8, 4) is 12.3 Å². The topological polar surface area (TPSA) is 158 Å². The van der Waals surface area contributed by atoms with Crippen LogP contribution < -0.4 is 5.73 Å². The second-order valence-corrected chi connectivity index (χ2v) is 10.4. The Balaban J connectivity index is 1.46. The van der Waals surface area contributed by atoms with E-state index < -0.39 is 48.6 Å². The molecule has 3 aromatic carbocycles. The van der Waals surface area contributed by atoms with E-state index >= 15 is 0 Å². The molecule has 0 unspecified atom stereocenters. The molecule has 13 heteroatoms. The highest BCUT2D eigenvalue weighted by Gasteiger charge is 2.63. The van der Waals surface area contributed by atoms with Crippen molar-refractivity contribution in [2.24, 2.45) is 0 Å². The highest BCUT2D eigenvalue weighted by molar-refractivity contribution is 6.33. The summed E-state index contributed by atoms with van der Waals surface area (Å²) in [6.45, 7) is -0.451. The maximum absolute atomic E-state index is 13.6. The number of halogens is 1. The van der Waals surface area contributed by atoms with Crippen molar-refractivity contribution < 1.29 is 33.3 Å². The van der Waals surface area contributed by atoms with E-state index in [2.05, 4.69) is 20.9 Å². The zero-order valence-electron chi connectivity index (χ0n) is 23.9. The number of rotatable bonds is 8. The average Bonchev–Trinajstić information content (AvgIpc) is 3.63. The minimum atomic E-state index is -2.17. The monoisotopic (exact) mass is 637 g/mol. The number of esters is 3. The van der Waals surface area contributed by atoms with Crippen LogP contribution in [0.15, 0.2) is 97.3 Å². The van der Waals surface area contributed by atoms with Gasteiger partial charge in [0, 0.05) is 0 Å². The molecular formula is C33H24ClN5O7. The van der Waals surface area contributed by atoms with Crippen molar-refractivity contribution >= 4 is 46.6 Å². The van der Waals surface area contributed by atoms with Crippen LogP contribution in [0.2, 0.25) is 5.15 Å². The molecule has 0 spiro atoms. The Morgan fingerprint density at radius 1 is 0.891 bits per heavy atom. The van der Waals surface area contributed by atoms with Crippen molar-refractivity contribution in [1.82, 2.24) is 19.5 Å². The molecule has 2 N–H and O–H groups in total. The number of nitrogens with two attached hydrogens (primary N) is 1. The van der Waals surface area contributed by atoms with Crippen LogP contribution in [0.3, 0.4) is 0 Å². The summed E-state index contributed by atoms with van der Waals surface area (Å²) >= 11 is 6.29. The molecule has 0 bridgehead atoms. The molecule has 230 valence electrons. The lowest BCUT2D eigenvalue weighted by atomic mass is 9.93. The normalized spacial score (nSPS) is 20.5. The Labute approximate surface area is 267 Å². The molecule has 0 aliphatic carbocycles. The van der Waals surface area contributed by atoms with E-state index in [1.165, 1.54) is 23.0 Å². The summed E-state index contributed by atoms with van der Waals surface area (Å²) in [5.41, 5.74) is 4.58. The van der Waals surface area contributed by atoms with Crippen LogP contribution in [0, 0.1) is 12.3 Å². The van der Waals surface area contributed by atoms with Gasteiger partial charge in [-0.05, 0) is 42.3 Å². The number of nitrogen functional groups attached to an aromatic ring is 1. The Morgan fingerprint density at radius 2 is 1.46 bits per heavy atom. The smallest absolute Gasteiger partial charge is 0.339 e. The van der Waals surface area contributed by atoms with Gasteiger partial charge in [0.1, 0.15) is 18.2 Å². The highest BCUT2D eigenvalue weighted by Crippen LogP contribution is 2.45. The molecular weight excluding hydrogens is 614 g/mol. The van der Waals surface area contributed by atoms with Gasteiger partial charge in [-0.15, -0.1) is 6.42 Å². The summed E-state index contributed by atoms with van der Waals surface area (Å²) in [6.07, 6.45) is 3.28. The van der Waals surface area contributed by atoms with E-state index in [1.54, 1.807) is 78.9 Å². The molecule has 2 aromatic heterocycles. The molecule has 6 rings (SSSR count). The first kappa shape index (κ1) is 30.3. The Kier molecular flexibility index (Phi) is 8.35. The third kappa shape index (κ3) is 5.72. The van der Waals surface area contributed by atoms with E-state index in [0.29, 0.717) is 0 Å². The van der Waals surface area contributed by atoms with Crippen LogP contribution in [-0.2, 0) is 18.9 Å². The maximum Gasteiger partial charge on any atom is 0.339 e. The second-order valence-electron chi connectivity index (χ2n) is 10.1. The Hall–Kier alpha value is -5.77. The number of ether oxygens (including phenoxy) is 4. The molecule has 0 radical (unpaired) electrons. The molecule has 1 aliphatic heterocycles. The summed E-state index contributed by atoms with van der Waals surface area (Å²) in [4.78, 5) is 52.5. The largest absolute Gasteiger partial charge is 0.459 e. The summed E-state index contributed by atoms with van der Waals surface area (Å²) in [5.74, 6) is 0.0386. The number of benzene rings is 3. The van der Waals surface area contributed by atoms with Crippen LogP contribution in [-0.4, -0.2) is 61.8 Å². The molecule has 0 amide bonds. The standard InChI is InChI=1S/C33H24ClN5O7/c1-2-33(46-30(42)22-16-10-5-11-17-22)25(45-29(41)21-14-8-4-9-15-21)23(18-43-28(40)20-12-6-3-7-13-20)44-31(33)39-19-36-24-26(34)37-32(35)38-27(24)39/h1,3-17,19,23,25,31H,18H2,(H2,35,37,38)/t23-,25-,31-,33-/m1/s1. The summed E-state index contributed by atoms with van der Waals surface area (Å²) in [6, 6.07) is 24.4. The fourth-order valence-electron chi connectivity index (χ4n) is 5.04. The molecule has 0 saturated carbocycles. The third-order valence-corrected chi connectivity index (χ3v) is 7.47. The number of hydrogen-bond donors (Lipinski definition) is 1. The van der Waals surface area contributed by atoms with Crippen molar-refractivity contribution in [1.29, 1.82) is 0 Å². The Bertz CT molecular complexity index is 1950. The highest BCUT2D eigenvalue weighted by atomic mass is 35.5. The van der Waals surface area contributed by atoms with Crippen LogP contribution >= 0.6 is 11.6 Å². The maximum atomic E-state index is 13.6. The van der Waals surface area contributed by atoms with Gasteiger partial charge in [-0.2, -0.15) is 9.97 Å². The van der Waals surface area contributed by atoms with Gasteiger partial charge in [-0.25, -0.2) is 19.4 Å². The predicted molar refractivity (Wildman–Crippen MR) is 164 cm³/mol. The average molecular weight is 638 g/mol. The minimum Gasteiger partial charge on any atom is -0.459 e. The zero-order valence-corrected chi connectivity index (χ0v) is 24.6. The van der Waals surface area contributed by atoms with E-state index in [-0.39, 0.29) is 39.0 Å². The fraction of sp³-hybridized carbons (Fsp3) is 0.152. The van der Waals surface area contributed by atoms with E-state index in [9.17, 15) is 14.4 Å². The van der Waals surface area contributed by atoms with E-state index in [1.807, 2.05) is 0 Å². The number of nitrogens with zero attached hydrogens (tertiary/aromatic N) is 4. The van der Waals surface area contributed by atoms with Crippen LogP contribution in [0.5, 0.6) is 0 Å². The van der Waals surface area contributed by atoms with Gasteiger partial charge in [0.15, 0.2) is 23.1 Å². The SMILES string of the molecule is C#C[C@@]1(OC(=O)c2ccccc2)[C@H](OC(=O)c2ccccc2)[C@@H](COC(=O)c2ccccc2)O[C@H]1n1cnc2c(Cl)nc(N)nc21. The van der Waals surface area contributed by atoms with Gasteiger partial charge in [-0.1, -0.05) is 66.2 Å². The first-order valence-corrected chi connectivity index (χ1v) is 14.2. The number of anilines is 1. The molecule has 3 heterocycles. The van der Waals surface area contributed by atoms with Crippen LogP contribution in [0.1, 0.15) is 37.3 Å². The predicted octanol–water partition coefficient (Wildman–Crippen LogP) is 4.27. The number of terminal acetylenes is 1. The van der Waals surface area contributed by atoms with Gasteiger partial charge >= 0.3 is 17.9 Å². The summed E-state index contributed by atoms with van der Waals surface area (Å²) < 4.78 is 25.4. The Morgan fingerprint density at radius 3 is 2.04 bits per heavy atom. The summed E-state index contributed by atoms with van der Waals surface area (Å²) in [7, 11) is 0. The van der Waals surface area contributed by atoms with E-state index in [4.69, 9.17) is 42.7 Å². The van der Waals surface area contributed by atoms with Crippen LogP contribution in [0.25, 0.3) is 11.2 Å². The number of carbonyl (C=O) groups excluding carboxylic acids is 3. The zero-order chi connectivity index (χ0) is 32.3. The van der Waals surface area contributed by atoms with Crippen molar-refractivity contribution in [3.63, 3.8) is 0 Å². The molecule has 46 heavy (non-hydrogen) atoms. The lowest BCUT2D eigenvalue weighted by Crippen LogP contribution is -2.51. The lowest BCUT2D eigenvalue weighted by Gasteiger charge is -2.33. The van der Waals surface area contributed by atoms with Crippen molar-refractivity contribution in [3.05, 3.63) is 119 Å². The number of aromatic nitrogens is 4. The van der Waals surface area contributed by atoms with Crippen molar-refractivity contribution in [2.75, 3.05) is 12.3 Å². The first-order chi connectivity index (χ1) is 22.3. The molecule has 4 atom stereocenters. The first-order valence-electron chi connectivity index (χ1n) is 13.9. The molecule has 5 aromatic rings. The fourth-order valence-corrected chi connectivity index (χ4v) is 5.26. The molecule has 1 saturated heterocycles. The van der Waals surface area contributed by atoms with E-state index in [0.717, 1.165) is 0 Å². The quantitative estimate of drug-likeness (QED) is 0.112. The third-order valence-electron chi connectivity index (χ3n) is 7.21. The number of carbonyl (C=O) groups is 3. The summed E-state index contributed by atoms with van der Waals surface area (Å²) in [5, 5.41) is -0.0489. The van der Waals surface area contributed by atoms with Gasteiger partial charge in [0.05, 0.1) is 23.0 Å². The van der Waals surface area contributed by atoms with Gasteiger partial charge in [0.25, 0.3) is 5.60 Å².